The van der Waals surface area contributed by atoms with Crippen LogP contribution in [-0.4, -0.2) is 60.1 Å². The van der Waals surface area contributed by atoms with Crippen molar-refractivity contribution < 1.29 is 37.4 Å². The molecule has 1 amide bonds. The number of rotatable bonds is 16. The molecule has 40 heavy (non-hydrogen) atoms. The van der Waals surface area contributed by atoms with Crippen LogP contribution < -0.4 is 16.4 Å². The Labute approximate surface area is 231 Å². The van der Waals surface area contributed by atoms with E-state index in [0.717, 1.165) is 34.8 Å². The molecule has 2 aromatic rings. The zero-order valence-corrected chi connectivity index (χ0v) is 22.8. The first kappa shape index (κ1) is 32.4. The van der Waals surface area contributed by atoms with Gasteiger partial charge in [-0.05, 0) is 31.9 Å². The predicted octanol–water partition coefficient (Wildman–Crippen LogP) is 3.14. The number of hydrogen-bond acceptors (Lipinski definition) is 10. The first-order chi connectivity index (χ1) is 19.2. The Kier molecular flexibility index (Phi) is 13.2. The quantitative estimate of drug-likeness (QED) is 0.174. The van der Waals surface area contributed by atoms with E-state index in [1.165, 1.54) is 7.05 Å². The molecule has 1 aromatic carbocycles. The number of amides is 1. The molecule has 12 nitrogen and oxygen atoms in total. The molecule has 0 aliphatic carbocycles. The molecular formula is C26H36F2N6O6. The fourth-order valence-electron chi connectivity index (χ4n) is 3.80. The van der Waals surface area contributed by atoms with Gasteiger partial charge in [0.1, 0.15) is 23.1 Å². The second-order valence-electron chi connectivity index (χ2n) is 9.06. The topological polar surface area (TPSA) is 176 Å². The number of carbonyl (C=O) groups is 3. The van der Waals surface area contributed by atoms with Gasteiger partial charge in [0.2, 0.25) is 11.9 Å². The lowest BCUT2D eigenvalue weighted by Crippen LogP contribution is -2.36. The van der Waals surface area contributed by atoms with E-state index in [1.807, 2.05) is 6.92 Å². The molecule has 0 saturated heterocycles. The van der Waals surface area contributed by atoms with Crippen LogP contribution in [0.25, 0.3) is 11.0 Å². The highest BCUT2D eigenvalue weighted by atomic mass is 19.1. The summed E-state index contributed by atoms with van der Waals surface area (Å²) in [6, 6.07) is 1.55. The van der Waals surface area contributed by atoms with Crippen LogP contribution in [0.2, 0.25) is 0 Å². The average Bonchev–Trinajstić information content (AvgIpc) is 3.28. The minimum atomic E-state index is -1.11. The summed E-state index contributed by atoms with van der Waals surface area (Å²) < 4.78 is 45.6. The maximum Gasteiger partial charge on any atom is 0.510 e. The van der Waals surface area contributed by atoms with E-state index in [4.69, 9.17) is 30.9 Å². The Morgan fingerprint density at radius 1 is 1.12 bits per heavy atom. The molecule has 1 heterocycles. The van der Waals surface area contributed by atoms with E-state index in [0.29, 0.717) is 25.8 Å². The van der Waals surface area contributed by atoms with Crippen LogP contribution in [-0.2, 0) is 30.8 Å². The zero-order valence-electron chi connectivity index (χ0n) is 22.8. The molecule has 220 valence electrons. The maximum absolute atomic E-state index is 14.8. The number of imidazole rings is 1. The van der Waals surface area contributed by atoms with Gasteiger partial charge >= 0.3 is 12.1 Å². The molecule has 0 radical (unpaired) electrons. The summed E-state index contributed by atoms with van der Waals surface area (Å²) in [6.07, 6.45) is 3.22. The van der Waals surface area contributed by atoms with Crippen LogP contribution in [0.4, 0.5) is 19.5 Å². The van der Waals surface area contributed by atoms with Crippen molar-refractivity contribution in [3.05, 3.63) is 23.3 Å². The fraction of sp³-hybridized carbons (Fsp3) is 0.577. The molecule has 1 aromatic heterocycles. The monoisotopic (exact) mass is 566 g/mol. The minimum absolute atomic E-state index is 0.0274. The summed E-state index contributed by atoms with van der Waals surface area (Å²) in [5.41, 5.74) is 9.96. The Bertz CT molecular complexity index is 1210. The van der Waals surface area contributed by atoms with Gasteiger partial charge in [0, 0.05) is 19.9 Å². The Hall–Kier alpha value is -3.83. The number of anilines is 1. The smallest absolute Gasteiger partial charge is 0.464 e. The predicted molar refractivity (Wildman–Crippen MR) is 141 cm³/mol. The Morgan fingerprint density at radius 2 is 1.85 bits per heavy atom. The molecule has 4 N–H and O–H groups in total. The molecule has 0 unspecified atom stereocenters. The first-order valence-electron chi connectivity index (χ1n) is 13.1. The molecule has 0 aliphatic heterocycles. The van der Waals surface area contributed by atoms with E-state index in [2.05, 4.69) is 4.98 Å². The molecule has 1 atom stereocenters. The molecule has 0 aliphatic rings. The van der Waals surface area contributed by atoms with E-state index in [1.54, 1.807) is 6.07 Å². The molecular weight excluding hydrogens is 530 g/mol. The summed E-state index contributed by atoms with van der Waals surface area (Å²) in [4.78, 5) is 42.0. The van der Waals surface area contributed by atoms with Crippen LogP contribution in [0.3, 0.4) is 0 Å². The summed E-state index contributed by atoms with van der Waals surface area (Å²) in [5.74, 6) is -3.15. The number of nitrogens with zero attached hydrogens (tertiary/aromatic N) is 4. The average molecular weight is 567 g/mol. The van der Waals surface area contributed by atoms with Crippen molar-refractivity contribution in [3.63, 3.8) is 0 Å². The second-order valence-corrected chi connectivity index (χ2v) is 9.06. The van der Waals surface area contributed by atoms with Gasteiger partial charge in [-0.15, -0.1) is 0 Å². The zero-order chi connectivity index (χ0) is 29.7. The molecule has 0 bridgehead atoms. The van der Waals surface area contributed by atoms with E-state index in [9.17, 15) is 23.2 Å². The van der Waals surface area contributed by atoms with Crippen molar-refractivity contribution in [1.82, 2.24) is 9.55 Å². The van der Waals surface area contributed by atoms with Crippen LogP contribution in [0, 0.1) is 23.0 Å². The molecule has 0 saturated carbocycles. The number of fused-ring (bicyclic) bond motifs is 1. The van der Waals surface area contributed by atoms with E-state index < -0.39 is 48.0 Å². The Morgan fingerprint density at radius 3 is 2.52 bits per heavy atom. The van der Waals surface area contributed by atoms with Crippen molar-refractivity contribution >= 4 is 35.0 Å². The number of nitrogens with two attached hydrogens (primary N) is 2. The number of esters is 1. The number of ether oxygens (including phenoxy) is 3. The number of unbranched alkanes of at least 4 members (excludes halogenated alkanes) is 3. The molecule has 2 rings (SSSR count). The number of hydrogen-bond donors (Lipinski definition) is 2. The van der Waals surface area contributed by atoms with Gasteiger partial charge in [0.15, 0.2) is 18.4 Å². The standard InChI is InChI=1S/C26H36F2N6O6/c1-3-4-5-10-20(35)34(25-32-22-18(27)14-17(15-30)21(28)23(22)33(25)2)16-40-26(37)39-13-8-12-38-24(36)19(31)9-6-7-11-29/h14,19H,3-13,16,29,31H2,1-2H3/t19-/m0/s1. The number of nitriles is 1. The highest BCUT2D eigenvalue weighted by Crippen LogP contribution is 2.28. The van der Waals surface area contributed by atoms with Gasteiger partial charge in [-0.25, -0.2) is 23.5 Å². The van der Waals surface area contributed by atoms with Crippen molar-refractivity contribution in [1.29, 1.82) is 5.26 Å². The third-order valence-corrected chi connectivity index (χ3v) is 6.01. The number of halogens is 2. The number of aromatic nitrogens is 2. The van der Waals surface area contributed by atoms with Gasteiger partial charge in [0.25, 0.3) is 0 Å². The molecule has 0 spiro atoms. The van der Waals surface area contributed by atoms with E-state index in [-0.39, 0.29) is 43.0 Å². The normalized spacial score (nSPS) is 11.6. The first-order valence-corrected chi connectivity index (χ1v) is 13.1. The lowest BCUT2D eigenvalue weighted by Gasteiger charge is -2.21. The van der Waals surface area contributed by atoms with Crippen molar-refractivity contribution in [2.24, 2.45) is 18.5 Å². The highest BCUT2D eigenvalue weighted by Gasteiger charge is 2.27. The second kappa shape index (κ2) is 16.3. The third-order valence-electron chi connectivity index (χ3n) is 6.01. The lowest BCUT2D eigenvalue weighted by molar-refractivity contribution is -0.145. The van der Waals surface area contributed by atoms with Crippen LogP contribution >= 0.6 is 0 Å². The number of benzene rings is 1. The summed E-state index contributed by atoms with van der Waals surface area (Å²) >= 11 is 0. The van der Waals surface area contributed by atoms with Gasteiger partial charge in [-0.1, -0.05) is 26.2 Å². The molecule has 0 fully saturated rings. The van der Waals surface area contributed by atoms with Crippen molar-refractivity contribution in [2.45, 2.75) is 64.3 Å². The van der Waals surface area contributed by atoms with Crippen LogP contribution in [0.15, 0.2) is 6.07 Å². The van der Waals surface area contributed by atoms with Gasteiger partial charge in [0.05, 0.1) is 18.8 Å². The highest BCUT2D eigenvalue weighted by molar-refractivity contribution is 5.94. The molecule has 14 heteroatoms. The van der Waals surface area contributed by atoms with Gasteiger partial charge in [-0.3, -0.25) is 9.59 Å². The van der Waals surface area contributed by atoms with Gasteiger partial charge < -0.3 is 30.2 Å². The lowest BCUT2D eigenvalue weighted by atomic mass is 10.1. The van der Waals surface area contributed by atoms with E-state index >= 15 is 0 Å². The van der Waals surface area contributed by atoms with Crippen molar-refractivity contribution in [2.75, 3.05) is 31.4 Å². The number of carbonyl (C=O) groups excluding carboxylic acids is 3. The largest absolute Gasteiger partial charge is 0.510 e. The van der Waals surface area contributed by atoms with Crippen LogP contribution in [0.1, 0.15) is 63.9 Å². The summed E-state index contributed by atoms with van der Waals surface area (Å²) in [5, 5.41) is 9.10. The third kappa shape index (κ3) is 8.85. The van der Waals surface area contributed by atoms with Gasteiger partial charge in [-0.2, -0.15) is 5.26 Å². The fourth-order valence-corrected chi connectivity index (χ4v) is 3.80. The SMILES string of the molecule is CCCCCC(=O)N(COC(=O)OCCCOC(=O)[C@@H](N)CCCCN)c1nc2c(F)cc(C#N)c(F)c2n1C. The maximum atomic E-state index is 14.8. The summed E-state index contributed by atoms with van der Waals surface area (Å²) in [7, 11) is 1.35. The summed E-state index contributed by atoms with van der Waals surface area (Å²) in [6.45, 7) is 1.67. The van der Waals surface area contributed by atoms with Crippen molar-refractivity contribution in [3.8, 4) is 6.07 Å². The van der Waals surface area contributed by atoms with Crippen LogP contribution in [0.5, 0.6) is 0 Å². The Balaban J connectivity index is 2.01. The minimum Gasteiger partial charge on any atom is -0.464 e. The number of aryl methyl sites for hydroxylation is 1.